The number of hydrogen-bond acceptors (Lipinski definition) is 4. The van der Waals surface area contributed by atoms with Crippen molar-refractivity contribution in [3.63, 3.8) is 0 Å². The molecule has 0 radical (unpaired) electrons. The van der Waals surface area contributed by atoms with Gasteiger partial charge < -0.3 is 11.1 Å². The fourth-order valence-electron chi connectivity index (χ4n) is 3.43. The zero-order valence-electron chi connectivity index (χ0n) is 15.3. The van der Waals surface area contributed by atoms with Crippen molar-refractivity contribution in [2.24, 2.45) is 12.8 Å². The summed E-state index contributed by atoms with van der Waals surface area (Å²) in [6, 6.07) is 10.3. The number of rotatable bonds is 4. The van der Waals surface area contributed by atoms with E-state index in [0.717, 1.165) is 30.2 Å². The number of carbonyl (C=O) groups is 1. The lowest BCUT2D eigenvalue weighted by molar-refractivity contribution is -0.117. The molecule has 1 fully saturated rings. The van der Waals surface area contributed by atoms with Crippen LogP contribution in [0.5, 0.6) is 0 Å². The topological polar surface area (TPSA) is 76.2 Å². The molecule has 144 valence electrons. The first-order valence-electron chi connectivity index (χ1n) is 8.28. The normalized spacial score (nSPS) is 19.5. The highest BCUT2D eigenvalue weighted by Gasteiger charge is 2.32. The molecule has 3 rings (SSSR count). The SMILES string of the molecule is Cc1nn(C)c(C)c1NC(=O)CN1C[C@@H](N)[C@H](c2ccccc2)C1.Cl.Cl. The summed E-state index contributed by atoms with van der Waals surface area (Å²) in [6.07, 6.45) is 0. The number of amides is 1. The molecule has 3 N–H and O–H groups in total. The fourth-order valence-corrected chi connectivity index (χ4v) is 3.43. The number of carbonyl (C=O) groups excluding carboxylic acids is 1. The Kier molecular flexibility index (Phi) is 8.09. The summed E-state index contributed by atoms with van der Waals surface area (Å²) in [5.74, 6) is 0.260. The maximum Gasteiger partial charge on any atom is 0.238 e. The van der Waals surface area contributed by atoms with Gasteiger partial charge in [-0.1, -0.05) is 30.3 Å². The number of aryl methyl sites for hydroxylation is 2. The molecule has 1 aliphatic rings. The number of halogens is 2. The van der Waals surface area contributed by atoms with Gasteiger partial charge in [0.15, 0.2) is 0 Å². The molecule has 1 amide bonds. The molecule has 2 aromatic rings. The lowest BCUT2D eigenvalue weighted by atomic mass is 9.95. The molecule has 26 heavy (non-hydrogen) atoms. The Morgan fingerprint density at radius 1 is 1.23 bits per heavy atom. The molecule has 6 nitrogen and oxygen atoms in total. The van der Waals surface area contributed by atoms with E-state index in [-0.39, 0.29) is 42.7 Å². The van der Waals surface area contributed by atoms with Crippen LogP contribution in [0.4, 0.5) is 5.69 Å². The Labute approximate surface area is 166 Å². The molecule has 0 bridgehead atoms. The zero-order chi connectivity index (χ0) is 17.3. The van der Waals surface area contributed by atoms with E-state index in [0.29, 0.717) is 6.54 Å². The molecule has 1 aliphatic heterocycles. The molecule has 2 atom stereocenters. The van der Waals surface area contributed by atoms with Crippen molar-refractivity contribution in [1.29, 1.82) is 0 Å². The minimum absolute atomic E-state index is 0. The standard InChI is InChI=1S/C18H25N5O.2ClH/c1-12-18(13(2)22(3)21-12)20-17(24)11-23-9-15(16(19)10-23)14-7-5-4-6-8-14;;/h4-8,15-16H,9-11,19H2,1-3H3,(H,20,24);2*1H/t15-,16+;;/m0../s1. The van der Waals surface area contributed by atoms with Gasteiger partial charge in [-0.05, 0) is 19.4 Å². The predicted molar refractivity (Wildman–Crippen MR) is 109 cm³/mol. The summed E-state index contributed by atoms with van der Waals surface area (Å²) >= 11 is 0. The van der Waals surface area contributed by atoms with Gasteiger partial charge >= 0.3 is 0 Å². The number of anilines is 1. The van der Waals surface area contributed by atoms with Crippen molar-refractivity contribution in [2.45, 2.75) is 25.8 Å². The van der Waals surface area contributed by atoms with Crippen molar-refractivity contribution in [3.05, 3.63) is 47.3 Å². The molecule has 0 saturated carbocycles. The Morgan fingerprint density at radius 2 is 1.88 bits per heavy atom. The first kappa shape index (κ1) is 22.4. The van der Waals surface area contributed by atoms with Crippen LogP contribution in [-0.2, 0) is 11.8 Å². The number of likely N-dealkylation sites (tertiary alicyclic amines) is 1. The number of nitrogens with one attached hydrogen (secondary N) is 1. The second kappa shape index (κ2) is 9.37. The Hall–Kier alpha value is -1.60. The van der Waals surface area contributed by atoms with Gasteiger partial charge in [-0.3, -0.25) is 14.4 Å². The third kappa shape index (κ3) is 4.76. The summed E-state index contributed by atoms with van der Waals surface area (Å²) in [4.78, 5) is 14.5. The van der Waals surface area contributed by atoms with E-state index in [4.69, 9.17) is 5.73 Å². The smallest absolute Gasteiger partial charge is 0.238 e. The molecular formula is C18H27Cl2N5O. The lowest BCUT2D eigenvalue weighted by Crippen LogP contribution is -2.34. The second-order valence-electron chi connectivity index (χ2n) is 6.59. The third-order valence-corrected chi connectivity index (χ3v) is 4.81. The lowest BCUT2D eigenvalue weighted by Gasteiger charge is -2.16. The van der Waals surface area contributed by atoms with Gasteiger partial charge in [0.05, 0.1) is 23.6 Å². The van der Waals surface area contributed by atoms with Crippen LogP contribution in [0.3, 0.4) is 0 Å². The average molecular weight is 400 g/mol. The van der Waals surface area contributed by atoms with Gasteiger partial charge in [0.25, 0.3) is 0 Å². The van der Waals surface area contributed by atoms with Gasteiger partial charge in [0.1, 0.15) is 0 Å². The van der Waals surface area contributed by atoms with E-state index in [1.165, 1.54) is 5.56 Å². The van der Waals surface area contributed by atoms with E-state index in [1.54, 1.807) is 4.68 Å². The van der Waals surface area contributed by atoms with Crippen LogP contribution in [-0.4, -0.2) is 46.3 Å². The van der Waals surface area contributed by atoms with Gasteiger partial charge in [-0.2, -0.15) is 5.10 Å². The molecule has 1 saturated heterocycles. The van der Waals surface area contributed by atoms with Crippen LogP contribution in [0, 0.1) is 13.8 Å². The summed E-state index contributed by atoms with van der Waals surface area (Å²) in [5, 5.41) is 7.32. The molecule has 0 spiro atoms. The number of benzene rings is 1. The number of hydrogen-bond donors (Lipinski definition) is 2. The highest BCUT2D eigenvalue weighted by atomic mass is 35.5. The molecule has 1 aromatic heterocycles. The Bertz CT molecular complexity index is 735. The molecular weight excluding hydrogens is 373 g/mol. The highest BCUT2D eigenvalue weighted by Crippen LogP contribution is 2.26. The predicted octanol–water partition coefficient (Wildman–Crippen LogP) is 2.25. The van der Waals surface area contributed by atoms with E-state index in [2.05, 4.69) is 27.4 Å². The van der Waals surface area contributed by atoms with Crippen LogP contribution in [0.25, 0.3) is 0 Å². The molecule has 2 heterocycles. The van der Waals surface area contributed by atoms with Crippen LogP contribution in [0.2, 0.25) is 0 Å². The van der Waals surface area contributed by atoms with Crippen LogP contribution >= 0.6 is 24.8 Å². The Balaban J connectivity index is 0.00000169. The van der Waals surface area contributed by atoms with Crippen LogP contribution < -0.4 is 11.1 Å². The quantitative estimate of drug-likeness (QED) is 0.826. The first-order valence-corrected chi connectivity index (χ1v) is 8.28. The van der Waals surface area contributed by atoms with Crippen molar-refractivity contribution in [1.82, 2.24) is 14.7 Å². The van der Waals surface area contributed by atoms with Crippen molar-refractivity contribution in [3.8, 4) is 0 Å². The summed E-state index contributed by atoms with van der Waals surface area (Å²) < 4.78 is 1.78. The first-order chi connectivity index (χ1) is 11.5. The van der Waals surface area contributed by atoms with Gasteiger partial charge in [-0.25, -0.2) is 0 Å². The average Bonchev–Trinajstić information content (AvgIpc) is 3.02. The van der Waals surface area contributed by atoms with Gasteiger partial charge in [-0.15, -0.1) is 24.8 Å². The fraction of sp³-hybridized carbons (Fsp3) is 0.444. The molecule has 0 unspecified atom stereocenters. The monoisotopic (exact) mass is 399 g/mol. The largest absolute Gasteiger partial charge is 0.326 e. The van der Waals surface area contributed by atoms with Crippen LogP contribution in [0.1, 0.15) is 22.9 Å². The zero-order valence-corrected chi connectivity index (χ0v) is 16.9. The van der Waals surface area contributed by atoms with Gasteiger partial charge in [0.2, 0.25) is 5.91 Å². The summed E-state index contributed by atoms with van der Waals surface area (Å²) in [7, 11) is 1.88. The van der Waals surface area contributed by atoms with Crippen molar-refractivity contribution >= 4 is 36.4 Å². The number of aromatic nitrogens is 2. The Morgan fingerprint density at radius 3 is 2.46 bits per heavy atom. The molecule has 8 heteroatoms. The molecule has 0 aliphatic carbocycles. The van der Waals surface area contributed by atoms with Gasteiger partial charge in [0, 0.05) is 32.1 Å². The number of nitrogens with zero attached hydrogens (tertiary/aromatic N) is 3. The maximum absolute atomic E-state index is 12.4. The van der Waals surface area contributed by atoms with E-state index in [1.807, 2.05) is 39.1 Å². The maximum atomic E-state index is 12.4. The highest BCUT2D eigenvalue weighted by molar-refractivity contribution is 5.93. The minimum atomic E-state index is -0.0184. The van der Waals surface area contributed by atoms with E-state index in [9.17, 15) is 4.79 Å². The van der Waals surface area contributed by atoms with Crippen molar-refractivity contribution < 1.29 is 4.79 Å². The summed E-state index contributed by atoms with van der Waals surface area (Å²) in [6.45, 7) is 5.75. The van der Waals surface area contributed by atoms with Crippen molar-refractivity contribution in [2.75, 3.05) is 25.0 Å². The van der Waals surface area contributed by atoms with E-state index < -0.39 is 0 Å². The minimum Gasteiger partial charge on any atom is -0.326 e. The van der Waals surface area contributed by atoms with Crippen LogP contribution in [0.15, 0.2) is 30.3 Å². The third-order valence-electron chi connectivity index (χ3n) is 4.81. The molecule has 1 aromatic carbocycles. The van der Waals surface area contributed by atoms with E-state index >= 15 is 0 Å². The second-order valence-corrected chi connectivity index (χ2v) is 6.59. The number of nitrogens with two attached hydrogens (primary N) is 1. The summed E-state index contributed by atoms with van der Waals surface area (Å²) in [5.41, 5.74) is 10.1.